The van der Waals surface area contributed by atoms with Crippen molar-refractivity contribution in [1.29, 1.82) is 0 Å². The zero-order valence-electron chi connectivity index (χ0n) is 54.4. The Morgan fingerprint density at radius 2 is 0.771 bits per heavy atom. The molecule has 0 aromatic carbocycles. The molecule has 1 aliphatic heterocycles. The lowest BCUT2D eigenvalue weighted by Crippen LogP contribution is -2.60. The first-order valence-corrected chi connectivity index (χ1v) is 36.1. The number of ether oxygens (including phenoxy) is 3. The third-order valence-electron chi connectivity index (χ3n) is 17.3. The monoisotopic (exact) mass is 1180 g/mol. The summed E-state index contributed by atoms with van der Waals surface area (Å²) in [7, 11) is 0. The second kappa shape index (κ2) is 61.8. The van der Waals surface area contributed by atoms with Crippen molar-refractivity contribution in [3.05, 3.63) is 24.3 Å². The van der Waals surface area contributed by atoms with Crippen LogP contribution >= 0.6 is 0 Å². The van der Waals surface area contributed by atoms with E-state index < -0.39 is 49.5 Å². The normalized spacial score (nSPS) is 18.2. The number of nitrogens with one attached hydrogen (secondary N) is 1. The van der Waals surface area contributed by atoms with Gasteiger partial charge in [0.05, 0.1) is 32.0 Å². The average molecular weight is 1180 g/mol. The standard InChI is InChI=1S/C72H137NO10/c1-3-5-7-9-11-13-14-36-40-44-48-52-56-60-68(77)81-61-57-53-49-45-41-38-35-33-31-29-27-25-23-21-19-17-15-16-18-20-22-24-26-28-30-32-34-37-39-43-47-51-55-59-67(76)73-64(65(75)58-54-50-46-42-12-10-8-6-4-2)63-82-72-71(80)70(79)69(78)66(62-74)83-72/h19,21,54,58,64-66,69-72,74-75,78-80H,3-18,20,22-53,55-57,59-63H2,1-2H3,(H,73,76)/b21-19-,58-54+. The van der Waals surface area contributed by atoms with E-state index in [1.54, 1.807) is 6.08 Å². The number of esters is 1. The van der Waals surface area contributed by atoms with Crippen molar-refractivity contribution in [2.24, 2.45) is 0 Å². The second-order valence-corrected chi connectivity index (χ2v) is 25.3. The van der Waals surface area contributed by atoms with Gasteiger partial charge in [0.15, 0.2) is 6.29 Å². The van der Waals surface area contributed by atoms with Crippen LogP contribution in [0, 0.1) is 0 Å². The lowest BCUT2D eigenvalue weighted by molar-refractivity contribution is -0.302. The smallest absolute Gasteiger partial charge is 0.305 e. The van der Waals surface area contributed by atoms with Crippen molar-refractivity contribution >= 4 is 11.9 Å². The highest BCUT2D eigenvalue weighted by molar-refractivity contribution is 5.76. The minimum atomic E-state index is -1.57. The Balaban J connectivity index is 1.89. The molecule has 1 rings (SSSR count). The molecule has 0 aliphatic carbocycles. The molecule has 1 saturated heterocycles. The molecule has 1 aliphatic rings. The molecule has 83 heavy (non-hydrogen) atoms. The van der Waals surface area contributed by atoms with Gasteiger partial charge in [0.25, 0.3) is 0 Å². The van der Waals surface area contributed by atoms with Crippen LogP contribution in [0.25, 0.3) is 0 Å². The predicted octanol–water partition coefficient (Wildman–Crippen LogP) is 18.4. The van der Waals surface area contributed by atoms with E-state index in [-0.39, 0.29) is 18.5 Å². The highest BCUT2D eigenvalue weighted by atomic mass is 16.7. The number of aliphatic hydroxyl groups excluding tert-OH is 5. The summed E-state index contributed by atoms with van der Waals surface area (Å²) in [5, 5.41) is 54.3. The lowest BCUT2D eigenvalue weighted by atomic mass is 9.99. The molecule has 11 nitrogen and oxygen atoms in total. The van der Waals surface area contributed by atoms with E-state index in [1.165, 1.54) is 283 Å². The van der Waals surface area contributed by atoms with Gasteiger partial charge in [-0.3, -0.25) is 9.59 Å². The van der Waals surface area contributed by atoms with E-state index in [2.05, 4.69) is 31.3 Å². The van der Waals surface area contributed by atoms with Gasteiger partial charge >= 0.3 is 5.97 Å². The number of carbonyl (C=O) groups excluding carboxylic acids is 2. The molecule has 1 heterocycles. The van der Waals surface area contributed by atoms with Crippen molar-refractivity contribution < 1.29 is 49.3 Å². The van der Waals surface area contributed by atoms with Crippen LogP contribution in [0.1, 0.15) is 361 Å². The third-order valence-corrected chi connectivity index (χ3v) is 17.3. The maximum Gasteiger partial charge on any atom is 0.305 e. The zero-order chi connectivity index (χ0) is 60.2. The molecule has 0 saturated carbocycles. The van der Waals surface area contributed by atoms with Crippen molar-refractivity contribution in [3.63, 3.8) is 0 Å². The number of aliphatic hydroxyl groups is 5. The number of hydrogen-bond acceptors (Lipinski definition) is 10. The van der Waals surface area contributed by atoms with Gasteiger partial charge in [-0.15, -0.1) is 0 Å². The number of unbranched alkanes of at least 4 members (excludes halogenated alkanes) is 48. The molecule has 1 amide bonds. The fourth-order valence-corrected chi connectivity index (χ4v) is 11.6. The van der Waals surface area contributed by atoms with Crippen molar-refractivity contribution in [2.45, 2.75) is 403 Å². The Hall–Kier alpha value is -1.86. The molecule has 7 unspecified atom stereocenters. The Morgan fingerprint density at radius 1 is 0.434 bits per heavy atom. The van der Waals surface area contributed by atoms with E-state index >= 15 is 0 Å². The number of amides is 1. The Bertz CT molecular complexity index is 1430. The minimum Gasteiger partial charge on any atom is -0.466 e. The molecular weight excluding hydrogens is 1040 g/mol. The molecular formula is C72H137NO10. The molecule has 0 aromatic heterocycles. The van der Waals surface area contributed by atoms with E-state index in [4.69, 9.17) is 14.2 Å². The van der Waals surface area contributed by atoms with Gasteiger partial charge in [0.2, 0.25) is 5.91 Å². The van der Waals surface area contributed by atoms with Gasteiger partial charge in [-0.05, 0) is 57.8 Å². The Morgan fingerprint density at radius 3 is 1.16 bits per heavy atom. The number of carbonyl (C=O) groups is 2. The van der Waals surface area contributed by atoms with Gasteiger partial charge in [-0.2, -0.15) is 0 Å². The molecule has 0 radical (unpaired) electrons. The molecule has 11 heteroatoms. The van der Waals surface area contributed by atoms with Gasteiger partial charge in [-0.25, -0.2) is 0 Å². The van der Waals surface area contributed by atoms with Gasteiger partial charge < -0.3 is 45.1 Å². The minimum absolute atomic E-state index is 0.0135. The van der Waals surface area contributed by atoms with Crippen molar-refractivity contribution in [3.8, 4) is 0 Å². The van der Waals surface area contributed by atoms with E-state index in [1.807, 2.05) is 6.08 Å². The molecule has 490 valence electrons. The quantitative estimate of drug-likeness (QED) is 0.0195. The number of hydrogen-bond donors (Lipinski definition) is 6. The molecule has 0 spiro atoms. The summed E-state index contributed by atoms with van der Waals surface area (Å²) in [5.74, 6) is -0.166. The molecule has 0 bridgehead atoms. The van der Waals surface area contributed by atoms with Crippen LogP contribution in [0.5, 0.6) is 0 Å². The third kappa shape index (κ3) is 50.8. The van der Waals surface area contributed by atoms with Crippen LogP contribution in [0.3, 0.4) is 0 Å². The van der Waals surface area contributed by atoms with E-state index in [0.717, 1.165) is 51.4 Å². The first kappa shape index (κ1) is 79.2. The van der Waals surface area contributed by atoms with Crippen LogP contribution in [0.2, 0.25) is 0 Å². The Kier molecular flexibility index (Phi) is 58.9. The summed E-state index contributed by atoms with van der Waals surface area (Å²) < 4.78 is 16.7. The van der Waals surface area contributed by atoms with Crippen LogP contribution in [0.4, 0.5) is 0 Å². The highest BCUT2D eigenvalue weighted by Crippen LogP contribution is 2.23. The fourth-order valence-electron chi connectivity index (χ4n) is 11.6. The van der Waals surface area contributed by atoms with Crippen molar-refractivity contribution in [1.82, 2.24) is 5.32 Å². The molecule has 1 fully saturated rings. The summed E-state index contributed by atoms with van der Waals surface area (Å²) in [4.78, 5) is 25.1. The van der Waals surface area contributed by atoms with Gasteiger partial charge in [0, 0.05) is 12.8 Å². The van der Waals surface area contributed by atoms with Crippen LogP contribution in [0.15, 0.2) is 24.3 Å². The topological polar surface area (TPSA) is 175 Å². The molecule has 0 aromatic rings. The maximum absolute atomic E-state index is 13.0. The summed E-state index contributed by atoms with van der Waals surface area (Å²) in [6, 6.07) is -0.806. The summed E-state index contributed by atoms with van der Waals surface area (Å²) in [5.41, 5.74) is 0. The first-order chi connectivity index (χ1) is 40.7. The highest BCUT2D eigenvalue weighted by Gasteiger charge is 2.44. The average Bonchev–Trinajstić information content (AvgIpc) is 3.64. The molecule has 6 N–H and O–H groups in total. The van der Waals surface area contributed by atoms with E-state index in [9.17, 15) is 35.1 Å². The summed E-state index contributed by atoms with van der Waals surface area (Å²) in [6.45, 7) is 4.35. The fraction of sp³-hybridized carbons (Fsp3) is 0.917. The van der Waals surface area contributed by atoms with Gasteiger partial charge in [-0.1, -0.05) is 314 Å². The van der Waals surface area contributed by atoms with Gasteiger partial charge in [0.1, 0.15) is 24.4 Å². The molecule has 7 atom stereocenters. The van der Waals surface area contributed by atoms with E-state index in [0.29, 0.717) is 19.4 Å². The lowest BCUT2D eigenvalue weighted by Gasteiger charge is -2.40. The summed E-state index contributed by atoms with van der Waals surface area (Å²) in [6.07, 6.45) is 67.7. The summed E-state index contributed by atoms with van der Waals surface area (Å²) >= 11 is 0. The number of rotatable bonds is 64. The SMILES string of the molecule is CCCCCCCCC/C=C/C(O)C(COC1OC(CO)C(O)C(O)C1O)NC(=O)CCCCCCCCCCCCCCCCCCC/C=C\CCCCCCCCCCCCCCOC(=O)CCCCCCCCCCCCCCC. The number of allylic oxidation sites excluding steroid dienone is 3. The zero-order valence-corrected chi connectivity index (χ0v) is 54.4. The predicted molar refractivity (Wildman–Crippen MR) is 348 cm³/mol. The maximum atomic E-state index is 13.0. The van der Waals surface area contributed by atoms with Crippen LogP contribution in [-0.2, 0) is 23.8 Å². The van der Waals surface area contributed by atoms with Crippen LogP contribution in [-0.4, -0.2) is 100 Å². The van der Waals surface area contributed by atoms with Crippen LogP contribution < -0.4 is 5.32 Å². The Labute approximate surface area is 511 Å². The largest absolute Gasteiger partial charge is 0.466 e. The van der Waals surface area contributed by atoms with Crippen molar-refractivity contribution in [2.75, 3.05) is 19.8 Å². The first-order valence-electron chi connectivity index (χ1n) is 36.1. The second-order valence-electron chi connectivity index (χ2n) is 25.3.